The molecule has 4 heteroatoms. The fourth-order valence-electron chi connectivity index (χ4n) is 1.05. The lowest BCUT2D eigenvalue weighted by Crippen LogP contribution is -2.12. The van der Waals surface area contributed by atoms with Crippen molar-refractivity contribution in [3.63, 3.8) is 0 Å². The van der Waals surface area contributed by atoms with Crippen LogP contribution >= 0.6 is 22.9 Å². The summed E-state index contributed by atoms with van der Waals surface area (Å²) in [5, 5.41) is 0.885. The molecule has 0 aliphatic heterocycles. The van der Waals surface area contributed by atoms with Crippen LogP contribution in [0.1, 0.15) is 0 Å². The van der Waals surface area contributed by atoms with Crippen molar-refractivity contribution in [1.29, 1.82) is 0 Å². The highest BCUT2D eigenvalue weighted by atomic mass is 127. The molecule has 0 amide bonds. The van der Waals surface area contributed by atoms with Gasteiger partial charge in [-0.25, -0.2) is 0 Å². The smallest absolute Gasteiger partial charge is 0.266 e. The van der Waals surface area contributed by atoms with Gasteiger partial charge in [-0.15, -0.1) is 0 Å². The van der Waals surface area contributed by atoms with Crippen LogP contribution in [0.3, 0.4) is 0 Å². The SMILES string of the molecule is O=c1c2ncccc2ccn1I. The van der Waals surface area contributed by atoms with E-state index in [-0.39, 0.29) is 5.56 Å². The van der Waals surface area contributed by atoms with E-state index in [1.54, 1.807) is 12.4 Å². The van der Waals surface area contributed by atoms with Gasteiger partial charge >= 0.3 is 0 Å². The molecule has 0 aliphatic rings. The van der Waals surface area contributed by atoms with Crippen molar-refractivity contribution in [2.45, 2.75) is 0 Å². The van der Waals surface area contributed by atoms with Gasteiger partial charge in [-0.2, -0.15) is 0 Å². The van der Waals surface area contributed by atoms with Crippen LogP contribution in [0.15, 0.2) is 35.4 Å². The highest BCUT2D eigenvalue weighted by molar-refractivity contribution is 14.1. The normalized spacial score (nSPS) is 10.4. The Morgan fingerprint density at radius 1 is 1.42 bits per heavy atom. The molecule has 12 heavy (non-hydrogen) atoms. The zero-order chi connectivity index (χ0) is 8.55. The van der Waals surface area contributed by atoms with Crippen molar-refractivity contribution in [1.82, 2.24) is 7.76 Å². The van der Waals surface area contributed by atoms with Crippen molar-refractivity contribution < 1.29 is 0 Å². The number of hydrogen-bond acceptors (Lipinski definition) is 2. The summed E-state index contributed by atoms with van der Waals surface area (Å²) in [6.45, 7) is 0. The number of fused-ring (bicyclic) bond motifs is 1. The van der Waals surface area contributed by atoms with E-state index in [1.165, 1.54) is 2.78 Å². The Balaban J connectivity index is 3.01. The summed E-state index contributed by atoms with van der Waals surface area (Å²) in [7, 11) is 0. The Morgan fingerprint density at radius 3 is 3.08 bits per heavy atom. The van der Waals surface area contributed by atoms with E-state index < -0.39 is 0 Å². The number of nitrogens with zero attached hydrogens (tertiary/aromatic N) is 2. The standard InChI is InChI=1S/C8H5IN2O/c9-11-5-3-6-2-1-4-10-7(6)8(11)12/h1-5H. The number of halogens is 1. The van der Waals surface area contributed by atoms with E-state index in [9.17, 15) is 4.79 Å². The molecule has 3 nitrogen and oxygen atoms in total. The Morgan fingerprint density at radius 2 is 2.25 bits per heavy atom. The fourth-order valence-corrected chi connectivity index (χ4v) is 1.43. The topological polar surface area (TPSA) is 34.9 Å². The maximum Gasteiger partial charge on any atom is 0.285 e. The van der Waals surface area contributed by atoms with E-state index in [1.807, 2.05) is 41.1 Å². The minimum Gasteiger partial charge on any atom is -0.266 e. The largest absolute Gasteiger partial charge is 0.285 e. The number of aromatic nitrogens is 2. The van der Waals surface area contributed by atoms with Gasteiger partial charge in [0.05, 0.1) is 22.9 Å². The maximum absolute atomic E-state index is 11.4. The number of hydrogen-bond donors (Lipinski definition) is 0. The van der Waals surface area contributed by atoms with Gasteiger partial charge in [-0.1, -0.05) is 6.07 Å². The van der Waals surface area contributed by atoms with E-state index in [4.69, 9.17) is 0 Å². The van der Waals surface area contributed by atoms with E-state index >= 15 is 0 Å². The predicted octanol–water partition coefficient (Wildman–Crippen LogP) is 1.59. The number of rotatable bonds is 0. The third-order valence-corrected chi connectivity index (χ3v) is 2.38. The molecule has 2 aromatic heterocycles. The monoisotopic (exact) mass is 272 g/mol. The first-order valence-corrected chi connectivity index (χ1v) is 4.38. The van der Waals surface area contributed by atoms with Gasteiger partial charge in [-0.3, -0.25) is 12.6 Å². The summed E-state index contributed by atoms with van der Waals surface area (Å²) < 4.78 is 1.49. The third kappa shape index (κ3) is 1.12. The molecule has 0 aliphatic carbocycles. The van der Waals surface area contributed by atoms with E-state index in [0.29, 0.717) is 5.52 Å². The van der Waals surface area contributed by atoms with Gasteiger partial charge in [0, 0.05) is 17.8 Å². The van der Waals surface area contributed by atoms with Gasteiger partial charge in [0.2, 0.25) is 0 Å². The summed E-state index contributed by atoms with van der Waals surface area (Å²) in [5.74, 6) is 0. The van der Waals surface area contributed by atoms with Gasteiger partial charge in [0.1, 0.15) is 5.52 Å². The summed E-state index contributed by atoms with van der Waals surface area (Å²) in [5.41, 5.74) is 0.461. The quantitative estimate of drug-likeness (QED) is 0.683. The molecule has 0 saturated heterocycles. The molecule has 0 fully saturated rings. The second kappa shape index (κ2) is 2.85. The molecule has 0 saturated carbocycles. The highest BCUT2D eigenvalue weighted by Gasteiger charge is 1.99. The first-order valence-electron chi connectivity index (χ1n) is 3.41. The molecule has 0 aromatic carbocycles. The molecule has 0 radical (unpaired) electrons. The molecule has 2 rings (SSSR count). The maximum atomic E-state index is 11.4. The Kier molecular flexibility index (Phi) is 1.84. The molecule has 0 unspecified atom stereocenters. The first-order chi connectivity index (χ1) is 5.79. The molecule has 60 valence electrons. The van der Waals surface area contributed by atoms with Gasteiger partial charge in [-0.05, 0) is 12.1 Å². The van der Waals surface area contributed by atoms with Crippen LogP contribution in [0.25, 0.3) is 10.9 Å². The molecular formula is C8H5IN2O. The fraction of sp³-hybridized carbons (Fsp3) is 0. The second-order valence-corrected chi connectivity index (χ2v) is 3.41. The molecule has 0 spiro atoms. The Bertz CT molecular complexity index is 478. The predicted molar refractivity (Wildman–Crippen MR) is 55.4 cm³/mol. The van der Waals surface area contributed by atoms with Crippen molar-refractivity contribution in [2.75, 3.05) is 0 Å². The van der Waals surface area contributed by atoms with Crippen LogP contribution in [0.4, 0.5) is 0 Å². The minimum atomic E-state index is -0.0614. The van der Waals surface area contributed by atoms with Crippen molar-refractivity contribution in [3.8, 4) is 0 Å². The summed E-state index contributed by atoms with van der Waals surface area (Å²) in [4.78, 5) is 15.4. The van der Waals surface area contributed by atoms with Gasteiger partial charge < -0.3 is 0 Å². The van der Waals surface area contributed by atoms with Crippen molar-refractivity contribution >= 4 is 33.8 Å². The third-order valence-electron chi connectivity index (χ3n) is 1.62. The molecule has 2 heterocycles. The summed E-state index contributed by atoms with van der Waals surface area (Å²) in [6, 6.07) is 5.57. The molecule has 2 aromatic rings. The van der Waals surface area contributed by atoms with Crippen LogP contribution in [-0.4, -0.2) is 7.76 Å². The molecule has 0 N–H and O–H groups in total. The zero-order valence-electron chi connectivity index (χ0n) is 6.07. The lowest BCUT2D eigenvalue weighted by atomic mass is 10.3. The second-order valence-electron chi connectivity index (χ2n) is 2.37. The summed E-state index contributed by atoms with van der Waals surface area (Å²) >= 11 is 1.94. The van der Waals surface area contributed by atoms with E-state index in [0.717, 1.165) is 5.39 Å². The Labute approximate surface area is 82.5 Å². The number of pyridine rings is 2. The first kappa shape index (κ1) is 7.72. The van der Waals surface area contributed by atoms with Crippen LogP contribution in [0.5, 0.6) is 0 Å². The lowest BCUT2D eigenvalue weighted by Gasteiger charge is -1.96. The van der Waals surface area contributed by atoms with E-state index in [2.05, 4.69) is 4.98 Å². The highest BCUT2D eigenvalue weighted by Crippen LogP contribution is 2.05. The van der Waals surface area contributed by atoms with Crippen LogP contribution in [0, 0.1) is 0 Å². The Hall–Kier alpha value is -0.910. The zero-order valence-corrected chi connectivity index (χ0v) is 8.22. The molecule has 0 bridgehead atoms. The molecule has 0 atom stereocenters. The minimum absolute atomic E-state index is 0.0614. The van der Waals surface area contributed by atoms with Crippen LogP contribution in [0.2, 0.25) is 0 Å². The lowest BCUT2D eigenvalue weighted by molar-refractivity contribution is 1.20. The summed E-state index contributed by atoms with van der Waals surface area (Å²) in [6.07, 6.45) is 3.35. The average Bonchev–Trinajstić information content (AvgIpc) is 2.12. The van der Waals surface area contributed by atoms with Crippen molar-refractivity contribution in [2.24, 2.45) is 0 Å². The molecular weight excluding hydrogens is 267 g/mol. The van der Waals surface area contributed by atoms with Gasteiger partial charge in [0.15, 0.2) is 0 Å². The van der Waals surface area contributed by atoms with Crippen LogP contribution < -0.4 is 5.56 Å². The van der Waals surface area contributed by atoms with Crippen molar-refractivity contribution in [3.05, 3.63) is 40.9 Å². The van der Waals surface area contributed by atoms with Crippen LogP contribution in [-0.2, 0) is 0 Å². The average molecular weight is 272 g/mol. The van der Waals surface area contributed by atoms with Gasteiger partial charge in [0.25, 0.3) is 5.56 Å².